The third-order valence-electron chi connectivity index (χ3n) is 5.41. The summed E-state index contributed by atoms with van der Waals surface area (Å²) in [6, 6.07) is 13.5. The third kappa shape index (κ3) is 4.00. The van der Waals surface area contributed by atoms with E-state index in [0.29, 0.717) is 17.8 Å². The van der Waals surface area contributed by atoms with E-state index < -0.39 is 5.91 Å². The van der Waals surface area contributed by atoms with Crippen LogP contribution in [0.1, 0.15) is 23.2 Å². The lowest BCUT2D eigenvalue weighted by atomic mass is 10.0. The van der Waals surface area contributed by atoms with Gasteiger partial charge in [-0.05, 0) is 42.7 Å². The van der Waals surface area contributed by atoms with Crippen LogP contribution in [-0.2, 0) is 4.74 Å². The van der Waals surface area contributed by atoms with E-state index in [-0.39, 0.29) is 6.10 Å². The molecule has 1 aliphatic heterocycles. The van der Waals surface area contributed by atoms with Crippen LogP contribution in [0.15, 0.2) is 67.3 Å². The molecule has 1 atom stereocenters. The van der Waals surface area contributed by atoms with Crippen LogP contribution >= 0.6 is 0 Å². The monoisotopic (exact) mass is 414 g/mol. The van der Waals surface area contributed by atoms with E-state index in [9.17, 15) is 4.79 Å². The second-order valence-electron chi connectivity index (χ2n) is 7.58. The average molecular weight is 414 g/mol. The molecule has 1 fully saturated rings. The van der Waals surface area contributed by atoms with Gasteiger partial charge in [-0.15, -0.1) is 0 Å². The third-order valence-corrected chi connectivity index (χ3v) is 5.41. The van der Waals surface area contributed by atoms with Gasteiger partial charge in [0.1, 0.15) is 18.0 Å². The highest BCUT2D eigenvalue weighted by Crippen LogP contribution is 2.28. The Morgan fingerprint density at radius 1 is 1.16 bits per heavy atom. The average Bonchev–Trinajstić information content (AvgIpc) is 3.47. The lowest BCUT2D eigenvalue weighted by Crippen LogP contribution is -2.16. The highest BCUT2D eigenvalue weighted by molar-refractivity contribution is 5.99. The molecule has 4 heterocycles. The summed E-state index contributed by atoms with van der Waals surface area (Å²) in [5.41, 5.74) is 10.1. The van der Waals surface area contributed by atoms with E-state index in [0.717, 1.165) is 47.6 Å². The number of ether oxygens (including phenoxy) is 2. The number of hydrogen-bond donors (Lipinski definition) is 1. The second-order valence-corrected chi connectivity index (χ2v) is 7.58. The lowest BCUT2D eigenvalue weighted by Gasteiger charge is -2.12. The molecule has 7 nitrogen and oxygen atoms in total. The Balaban J connectivity index is 1.43. The zero-order chi connectivity index (χ0) is 21.2. The van der Waals surface area contributed by atoms with Crippen molar-refractivity contribution in [2.24, 2.45) is 5.73 Å². The summed E-state index contributed by atoms with van der Waals surface area (Å²) in [5, 5.41) is 0. The van der Waals surface area contributed by atoms with Gasteiger partial charge in [-0.2, -0.15) is 0 Å². The molecule has 1 saturated heterocycles. The first-order valence-corrected chi connectivity index (χ1v) is 10.3. The molecule has 0 bridgehead atoms. The smallest absolute Gasteiger partial charge is 0.252 e. The van der Waals surface area contributed by atoms with E-state index in [1.807, 2.05) is 53.3 Å². The number of nitrogens with zero attached hydrogens (tertiary/aromatic N) is 3. The molecule has 2 N–H and O–H groups in total. The predicted molar refractivity (Wildman–Crippen MR) is 117 cm³/mol. The molecule has 7 heteroatoms. The Bertz CT molecular complexity index is 1240. The topological polar surface area (TPSA) is 91.7 Å². The van der Waals surface area contributed by atoms with Gasteiger partial charge in [0.05, 0.1) is 23.6 Å². The number of rotatable bonds is 6. The molecule has 1 aromatic carbocycles. The van der Waals surface area contributed by atoms with Gasteiger partial charge < -0.3 is 19.6 Å². The number of aromatic nitrogens is 3. The van der Waals surface area contributed by atoms with Crippen molar-refractivity contribution < 1.29 is 14.3 Å². The molecule has 0 saturated carbocycles. The van der Waals surface area contributed by atoms with Crippen molar-refractivity contribution in [3.8, 4) is 28.1 Å². The Hall–Kier alpha value is -3.71. The van der Waals surface area contributed by atoms with Crippen molar-refractivity contribution in [1.29, 1.82) is 0 Å². The van der Waals surface area contributed by atoms with Gasteiger partial charge in [0, 0.05) is 36.3 Å². The molecule has 156 valence electrons. The minimum atomic E-state index is -0.498. The molecule has 3 aromatic heterocycles. The van der Waals surface area contributed by atoms with Gasteiger partial charge in [-0.25, -0.2) is 4.98 Å². The SMILES string of the molecule is NC(=O)c1cccn2cc(-c3cccc(-c4cncc(OC[C@H]5CCCO5)c4)c3)nc12. The fraction of sp³-hybridized carbons (Fsp3) is 0.208. The summed E-state index contributed by atoms with van der Waals surface area (Å²) in [4.78, 5) is 20.7. The first-order chi connectivity index (χ1) is 15.2. The Morgan fingerprint density at radius 2 is 2.06 bits per heavy atom. The van der Waals surface area contributed by atoms with Crippen molar-refractivity contribution in [1.82, 2.24) is 14.4 Å². The van der Waals surface area contributed by atoms with Crippen LogP contribution in [0.4, 0.5) is 0 Å². The second kappa shape index (κ2) is 8.20. The van der Waals surface area contributed by atoms with E-state index >= 15 is 0 Å². The Labute approximate surface area is 179 Å². The standard InChI is InChI=1S/C24H22N4O3/c25-23(29)21-7-2-8-28-14-22(27-24(21)28)17-5-1-4-16(10-17)18-11-20(13-26-12-18)31-15-19-6-3-9-30-19/h1-2,4-5,7-8,10-14,19H,3,6,9,15H2,(H2,25,29)/t19-/m1/s1. The van der Waals surface area contributed by atoms with E-state index in [1.54, 1.807) is 18.3 Å². The van der Waals surface area contributed by atoms with E-state index in [1.165, 1.54) is 0 Å². The largest absolute Gasteiger partial charge is 0.489 e. The number of hydrogen-bond acceptors (Lipinski definition) is 5. The summed E-state index contributed by atoms with van der Waals surface area (Å²) >= 11 is 0. The molecular formula is C24H22N4O3. The van der Waals surface area contributed by atoms with E-state index in [2.05, 4.69) is 9.97 Å². The van der Waals surface area contributed by atoms with Crippen LogP contribution in [0.2, 0.25) is 0 Å². The van der Waals surface area contributed by atoms with Crippen molar-refractivity contribution in [2.75, 3.05) is 13.2 Å². The molecule has 0 unspecified atom stereocenters. The minimum absolute atomic E-state index is 0.160. The van der Waals surface area contributed by atoms with Gasteiger partial charge in [-0.1, -0.05) is 18.2 Å². The molecule has 1 aliphatic rings. The van der Waals surface area contributed by atoms with Crippen molar-refractivity contribution in [2.45, 2.75) is 18.9 Å². The molecular weight excluding hydrogens is 392 g/mol. The summed E-state index contributed by atoms with van der Waals surface area (Å²) < 4.78 is 13.3. The number of nitrogens with two attached hydrogens (primary N) is 1. The molecule has 0 radical (unpaired) electrons. The van der Waals surface area contributed by atoms with Gasteiger partial charge in [0.2, 0.25) is 0 Å². The van der Waals surface area contributed by atoms with Crippen molar-refractivity contribution >= 4 is 11.6 Å². The van der Waals surface area contributed by atoms with Gasteiger partial charge in [0.25, 0.3) is 5.91 Å². The maximum atomic E-state index is 11.7. The Kier molecular flexibility index (Phi) is 5.09. The number of carbonyl (C=O) groups excluding carboxylic acids is 1. The van der Waals surface area contributed by atoms with Crippen LogP contribution < -0.4 is 10.5 Å². The maximum Gasteiger partial charge on any atom is 0.252 e. The number of imidazole rings is 1. The van der Waals surface area contributed by atoms with Crippen LogP contribution in [-0.4, -0.2) is 39.6 Å². The van der Waals surface area contributed by atoms with Crippen LogP contribution in [0.25, 0.3) is 28.0 Å². The zero-order valence-corrected chi connectivity index (χ0v) is 16.9. The number of fused-ring (bicyclic) bond motifs is 1. The first kappa shape index (κ1) is 19.3. The van der Waals surface area contributed by atoms with Crippen molar-refractivity contribution in [3.63, 3.8) is 0 Å². The summed E-state index contributed by atoms with van der Waals surface area (Å²) in [6.45, 7) is 1.34. The molecule has 4 aromatic rings. The molecule has 31 heavy (non-hydrogen) atoms. The fourth-order valence-electron chi connectivity index (χ4n) is 3.82. The maximum absolute atomic E-state index is 11.7. The van der Waals surface area contributed by atoms with Crippen molar-refractivity contribution in [3.05, 3.63) is 72.8 Å². The Morgan fingerprint density at radius 3 is 2.90 bits per heavy atom. The summed E-state index contributed by atoms with van der Waals surface area (Å²) in [6.07, 6.45) is 9.55. The number of primary amides is 1. The lowest BCUT2D eigenvalue weighted by molar-refractivity contribution is 0.0678. The number of amides is 1. The van der Waals surface area contributed by atoms with Gasteiger partial charge in [0.15, 0.2) is 0 Å². The zero-order valence-electron chi connectivity index (χ0n) is 16.9. The number of benzene rings is 1. The summed E-state index contributed by atoms with van der Waals surface area (Å²) in [7, 11) is 0. The van der Waals surface area contributed by atoms with Crippen LogP contribution in [0.3, 0.4) is 0 Å². The molecule has 0 spiro atoms. The molecule has 5 rings (SSSR count). The fourth-order valence-corrected chi connectivity index (χ4v) is 3.82. The quantitative estimate of drug-likeness (QED) is 0.519. The number of pyridine rings is 2. The summed E-state index contributed by atoms with van der Waals surface area (Å²) in [5.74, 6) is 0.222. The predicted octanol–water partition coefficient (Wildman–Crippen LogP) is 3.72. The van der Waals surface area contributed by atoms with E-state index in [4.69, 9.17) is 15.2 Å². The minimum Gasteiger partial charge on any atom is -0.489 e. The highest BCUT2D eigenvalue weighted by Gasteiger charge is 2.16. The number of carbonyl (C=O) groups is 1. The first-order valence-electron chi connectivity index (χ1n) is 10.3. The van der Waals surface area contributed by atoms with Crippen LogP contribution in [0, 0.1) is 0 Å². The normalized spacial score (nSPS) is 15.9. The highest BCUT2D eigenvalue weighted by atomic mass is 16.5. The van der Waals surface area contributed by atoms with Crippen LogP contribution in [0.5, 0.6) is 5.75 Å². The van der Waals surface area contributed by atoms with Gasteiger partial charge >= 0.3 is 0 Å². The van der Waals surface area contributed by atoms with Gasteiger partial charge in [-0.3, -0.25) is 9.78 Å². The molecule has 1 amide bonds. The molecule has 0 aliphatic carbocycles.